The molecule has 0 saturated heterocycles. The Morgan fingerprint density at radius 3 is 0.993 bits per heavy atom. The number of aliphatic hydroxyl groups excluding tert-OH is 2. The van der Waals surface area contributed by atoms with Crippen LogP contribution in [0.5, 0.6) is 0 Å². The second-order valence-electron chi connectivity index (χ2n) is 47.5. The van der Waals surface area contributed by atoms with Crippen molar-refractivity contribution in [2.45, 2.75) is 368 Å². The standard InChI is InChI=1S/2C22H30O3.C21H28O4.C21H30O4.C21H30O3.CHCl3.CH2O3.CH4O.CH4.Ac.2K/c2*1-13-11-16-17(20(3)8-5-15(24)12-19(13)20)6-9-21(4)18(16)7-10-22(21,25)14(2)23;1-12-10-14-15(19(2)7-4-13(22)11-17(12)19)5-8-20(3)16(14)6-9-21(20,25)18(23)24;1-19-8-5-14(23)11-13(19)3-4-15-16(19)6-9-20(2)17(15)7-10-21(20,25)18(24)12-22;1-13(22)21(24)11-8-18-16-5-4-14-12-15(23)6-9-19(14,2)17(16)7-10-20(18,21)3;2-1(3)4;2-1-4-3;1-2;;;;/h11-12,16-18,25H,5-10H2,1-4H3;12,16-18,25H,1,5-11H2,2-4H3;10-11,14-16,25H,4-9H2,1-3H3,(H,23,24);11,15-17,22,25H,3-10,12H2,1-2H3;12,16-18,24H,4-11H2,1-3H3;1H;1,3H;2H,1H3;1H4;;;/q;;;;;;;;;;;+1/p-1/t2*16?,17?,18?,20-,21+,22+;14?,15?,16?,19-,20+,21+;15?,16?,17?,19-,20-,21-;16?,17?,18?,19-,20-,21-;;;;;;;/m11100......./s1. The van der Waals surface area contributed by atoms with Crippen molar-refractivity contribution < 1.29 is 199 Å². The smallest absolute Gasteiger partial charge is 0.662 e. The normalized spacial score (nSPS) is 44.7. The molecule has 0 aromatic heterocycles. The third kappa shape index (κ3) is 19.7. The van der Waals surface area contributed by atoms with Gasteiger partial charge in [0, 0.05) is 162 Å². The summed E-state index contributed by atoms with van der Waals surface area (Å²) in [5.74, 6) is 6.24. The molecule has 21 nitrogen and oxygen atoms in total. The second kappa shape index (κ2) is 44.6. The minimum atomic E-state index is -1.61. The third-order valence-corrected chi connectivity index (χ3v) is 43.0. The van der Waals surface area contributed by atoms with E-state index >= 15 is 0 Å². The van der Waals surface area contributed by atoms with Gasteiger partial charge >= 0.3 is 57.4 Å². The molecule has 20 aliphatic rings. The van der Waals surface area contributed by atoms with E-state index in [0.717, 1.165) is 173 Å². The van der Waals surface area contributed by atoms with Crippen molar-refractivity contribution in [3.8, 4) is 0 Å². The molecule has 0 aliphatic heterocycles. The maximum Gasteiger partial charge on any atom is 1.00 e. The molecule has 0 aromatic carbocycles. The van der Waals surface area contributed by atoms with E-state index in [0.29, 0.717) is 153 Å². The van der Waals surface area contributed by atoms with E-state index in [4.69, 9.17) is 50.0 Å². The number of Topliss-reactive ketones (excluding diaryl/α,β-unsaturated/α-hetero) is 4. The second-order valence-corrected chi connectivity index (χ2v) is 49.5. The van der Waals surface area contributed by atoms with Crippen LogP contribution in [-0.2, 0) is 57.6 Å². The summed E-state index contributed by atoms with van der Waals surface area (Å²) in [6, 6.07) is 0. The van der Waals surface area contributed by atoms with Gasteiger partial charge in [-0.2, -0.15) is 0 Å². The van der Waals surface area contributed by atoms with Gasteiger partial charge in [0.2, 0.25) is 0 Å². The zero-order valence-electron chi connectivity index (χ0n) is 85.1. The van der Waals surface area contributed by atoms with Crippen molar-refractivity contribution in [3.05, 3.63) is 93.7 Å². The van der Waals surface area contributed by atoms with Crippen LogP contribution in [-0.4, -0.2) is 203 Å². The van der Waals surface area contributed by atoms with Gasteiger partial charge in [-0.1, -0.05) is 158 Å². The van der Waals surface area contributed by atoms with Gasteiger partial charge in [0.1, 0.15) is 29.0 Å². The van der Waals surface area contributed by atoms with Crippen LogP contribution >= 0.6 is 34.8 Å². The summed E-state index contributed by atoms with van der Waals surface area (Å²) in [6.07, 6.45) is 43.5. The first-order valence-corrected chi connectivity index (χ1v) is 51.7. The Hall–Kier alpha value is -0.846. The van der Waals surface area contributed by atoms with Crippen LogP contribution in [0, 0.1) is 187 Å². The van der Waals surface area contributed by atoms with E-state index in [2.05, 4.69) is 99.8 Å². The molecule has 20 rings (SSSR count). The first-order chi connectivity index (χ1) is 62.5. The summed E-state index contributed by atoms with van der Waals surface area (Å²) >= 11 is 14.4. The molecule has 0 spiro atoms. The Bertz CT molecular complexity index is 4840. The van der Waals surface area contributed by atoms with Gasteiger partial charge in [-0.15, -0.1) is 0 Å². The van der Waals surface area contributed by atoms with Crippen LogP contribution in [0.2, 0.25) is 0 Å². The van der Waals surface area contributed by atoms with Crippen molar-refractivity contribution in [1.29, 1.82) is 0 Å². The number of carboxylic acid groups (broad SMARTS) is 1. The van der Waals surface area contributed by atoms with E-state index in [-0.39, 0.29) is 250 Å². The van der Waals surface area contributed by atoms with Crippen LogP contribution < -0.4 is 56.6 Å². The molecule has 0 amide bonds. The predicted octanol–water partition coefficient (Wildman–Crippen LogP) is 15.4. The Kier molecular flexibility index (Phi) is 39.0. The van der Waals surface area contributed by atoms with Gasteiger partial charge in [-0.3, -0.25) is 47.9 Å². The molecule has 27 heteroatoms. The number of allylic oxidation sites excluding steroid dienone is 12. The minimum Gasteiger partial charge on any atom is -0.662 e. The van der Waals surface area contributed by atoms with Crippen LogP contribution in [0.15, 0.2) is 93.7 Å². The molecule has 754 valence electrons. The molecule has 20 aliphatic carbocycles. The number of aliphatic carboxylic acids is 1. The first kappa shape index (κ1) is 121. The molecule has 0 heterocycles. The first-order valence-electron chi connectivity index (χ1n) is 50.4. The summed E-state index contributed by atoms with van der Waals surface area (Å²) in [4.78, 5) is 132. The van der Waals surface area contributed by atoms with Crippen LogP contribution in [0.4, 0.5) is 0 Å². The topological polar surface area (TPSA) is 382 Å². The van der Waals surface area contributed by atoms with E-state index in [1.165, 1.54) is 39.0 Å². The number of carbonyl (C=O) groups is 11. The van der Waals surface area contributed by atoms with Gasteiger partial charge < -0.3 is 51.0 Å². The monoisotopic (exact) mass is 2240 g/mol. The van der Waals surface area contributed by atoms with Crippen LogP contribution in [0.25, 0.3) is 0 Å². The summed E-state index contributed by atoms with van der Waals surface area (Å²) in [7, 11) is 1.00. The zero-order chi connectivity index (χ0) is 98.9. The Morgan fingerprint density at radius 2 is 0.667 bits per heavy atom. The largest absolute Gasteiger partial charge is 1.00 e. The van der Waals surface area contributed by atoms with Crippen molar-refractivity contribution in [3.63, 3.8) is 0 Å². The van der Waals surface area contributed by atoms with Gasteiger partial charge in [0.25, 0.3) is 6.47 Å². The maximum atomic E-state index is 12.3. The molecular weight excluding hydrogens is 2080 g/mol. The molecule has 13 saturated carbocycles. The van der Waals surface area contributed by atoms with Crippen molar-refractivity contribution in [2.75, 3.05) is 13.7 Å². The average Bonchev–Trinajstić information content (AvgIpc) is 1.51. The van der Waals surface area contributed by atoms with E-state index in [1.54, 1.807) is 20.8 Å². The fraction of sp³-hybridized carbons (Fsp3) is 0.757. The molecular formula is C111H158AcCl3K2O21. The van der Waals surface area contributed by atoms with Crippen molar-refractivity contribution in [2.24, 2.45) is 143 Å². The van der Waals surface area contributed by atoms with Crippen molar-refractivity contribution >= 4 is 151 Å². The number of hydrogen-bond donors (Lipinski definition) is 8. The summed E-state index contributed by atoms with van der Waals surface area (Å²) in [5, 5.41) is 90.1. The number of halogens is 3. The number of aliphatic hydroxyl groups is 7. The summed E-state index contributed by atoms with van der Waals surface area (Å²) in [5.41, 5.74) is 1.93. The SMILES string of the molecule is C.C=C1CC2C(CC[C@@]3(C)C2CC[C@]3(O)C(C)=O)[C@@]2(C)CCC(=O)C=C12.CC(=O)[C@@]1(O)CCC2C3C=C(C)C4=CC(=O)CC[C@]4(C)C3CC[C@@]21C.CC(=O)[C@@]1(O)CCC2C3CCC4=CC(=O)CC[C@]4(C)C3CC[C@@]21C.CC1=CC2C(CC[C@@]3(C)C2CC[C@]3(O)C(=O)O)[C@@]2(C)CCC(=O)C=C12.CO.C[C@]12CCC(=O)C=C1CCC1C2CC[C@@]2(C)C1CC[C@]2(O)C(=O)CO.ClC(Cl)Cl.O=CO[O-].[Ac].[K+].[K]. The molecule has 30 atom stereocenters. The average molecular weight is 2240 g/mol. The number of ketones is 9. The molecule has 0 aromatic rings. The van der Waals surface area contributed by atoms with Gasteiger partial charge in [0.05, 0.1) is 0 Å². The zero-order valence-corrected chi connectivity index (χ0v) is 98.4. The molecule has 15 unspecified atom stereocenters. The number of carboxylic acids is 1. The number of carbonyl (C=O) groups excluding carboxylic acids is 10. The van der Waals surface area contributed by atoms with Crippen LogP contribution in [0.3, 0.4) is 0 Å². The van der Waals surface area contributed by atoms with E-state index in [1.807, 2.05) is 37.3 Å². The maximum absolute atomic E-state index is 12.3. The molecule has 138 heavy (non-hydrogen) atoms. The molecule has 13 fully saturated rings. The Balaban J connectivity index is 0.000000187. The number of rotatable bonds is 7. The quantitative estimate of drug-likeness (QED) is 0.0386. The molecule has 0 bridgehead atoms. The van der Waals surface area contributed by atoms with Crippen LogP contribution in [0.1, 0.15) is 336 Å². The number of hydrogen-bond acceptors (Lipinski definition) is 20. The summed E-state index contributed by atoms with van der Waals surface area (Å²) in [6.45, 7) is 34.6. The van der Waals surface area contributed by atoms with Gasteiger partial charge in [-0.25, -0.2) is 4.79 Å². The van der Waals surface area contributed by atoms with Gasteiger partial charge in [-0.05, 0) is 390 Å². The molecule has 8 N–H and O–H groups in total. The fourth-order valence-corrected chi connectivity index (χ4v) is 35.3. The number of alkyl halides is 3. The van der Waals surface area contributed by atoms with E-state index in [9.17, 15) is 83.7 Å². The van der Waals surface area contributed by atoms with Crippen molar-refractivity contribution in [1.82, 2.24) is 0 Å². The Morgan fingerprint density at radius 1 is 0.413 bits per heavy atom. The Labute approximate surface area is 956 Å². The predicted molar refractivity (Wildman–Crippen MR) is 523 cm³/mol. The summed E-state index contributed by atoms with van der Waals surface area (Å²) < 4.78 is -0.750. The number of fused-ring (bicyclic) bond motifs is 25. The van der Waals surface area contributed by atoms with Gasteiger partial charge in [0.15, 0.2) is 61.9 Å². The third-order valence-electron chi connectivity index (χ3n) is 43.0. The minimum absolute atomic E-state index is 0. The molecule has 2 radical (unpaired) electrons. The van der Waals surface area contributed by atoms with E-state index < -0.39 is 61.5 Å². The fourth-order valence-electron chi connectivity index (χ4n) is 35.3.